The van der Waals surface area contributed by atoms with Crippen molar-refractivity contribution in [1.29, 1.82) is 0 Å². The van der Waals surface area contributed by atoms with E-state index in [1.165, 1.54) is 16.2 Å². The molecule has 0 saturated heterocycles. The molecule has 0 spiro atoms. The van der Waals surface area contributed by atoms with Gasteiger partial charge in [-0.05, 0) is 44.2 Å². The molecule has 0 atom stereocenters. The molecule has 0 bridgehead atoms. The quantitative estimate of drug-likeness (QED) is 0.708. The van der Waals surface area contributed by atoms with Crippen LogP contribution in [0.5, 0.6) is 11.5 Å². The lowest BCUT2D eigenvalue weighted by Gasteiger charge is -2.13. The lowest BCUT2D eigenvalue weighted by atomic mass is 9.95. The maximum absolute atomic E-state index is 12.7. The number of benzene rings is 1. The number of carbonyl (C=O) groups is 2. The summed E-state index contributed by atoms with van der Waals surface area (Å²) < 4.78 is 15.8. The molecule has 28 heavy (non-hydrogen) atoms. The van der Waals surface area contributed by atoms with E-state index in [4.69, 9.17) is 14.2 Å². The molecule has 6 nitrogen and oxygen atoms in total. The van der Waals surface area contributed by atoms with Gasteiger partial charge in [0.2, 0.25) is 5.91 Å². The van der Waals surface area contributed by atoms with Crippen LogP contribution in [-0.4, -0.2) is 32.7 Å². The Labute approximate surface area is 168 Å². The van der Waals surface area contributed by atoms with Crippen LogP contribution in [0.3, 0.4) is 0 Å². The summed E-state index contributed by atoms with van der Waals surface area (Å²) in [6.45, 7) is 2.09. The van der Waals surface area contributed by atoms with Gasteiger partial charge in [-0.1, -0.05) is 6.07 Å². The number of nitrogens with one attached hydrogen (secondary N) is 1. The van der Waals surface area contributed by atoms with Gasteiger partial charge in [0.05, 0.1) is 32.8 Å². The third kappa shape index (κ3) is 4.30. The average Bonchev–Trinajstić information content (AvgIpc) is 3.06. The van der Waals surface area contributed by atoms with E-state index >= 15 is 0 Å². The Balaban J connectivity index is 1.82. The minimum atomic E-state index is -0.362. The Morgan fingerprint density at radius 2 is 1.93 bits per heavy atom. The minimum Gasteiger partial charge on any atom is -0.497 e. The highest BCUT2D eigenvalue weighted by Crippen LogP contribution is 2.38. The smallest absolute Gasteiger partial charge is 0.341 e. The van der Waals surface area contributed by atoms with Crippen LogP contribution in [0.4, 0.5) is 5.00 Å². The number of methoxy groups -OCH3 is 2. The molecule has 0 saturated carbocycles. The zero-order valence-corrected chi connectivity index (χ0v) is 17.2. The number of hydrogen-bond donors (Lipinski definition) is 1. The molecule has 0 unspecified atom stereocenters. The Morgan fingerprint density at radius 3 is 2.64 bits per heavy atom. The fraction of sp³-hybridized carbons (Fsp3) is 0.429. The zero-order chi connectivity index (χ0) is 20.1. The summed E-state index contributed by atoms with van der Waals surface area (Å²) in [5.74, 6) is 0.689. The first kappa shape index (κ1) is 20.2. The number of thiophene rings is 1. The van der Waals surface area contributed by atoms with Crippen molar-refractivity contribution < 1.29 is 23.8 Å². The number of amides is 1. The third-order valence-corrected chi connectivity index (χ3v) is 5.96. The van der Waals surface area contributed by atoms with Gasteiger partial charge in [-0.15, -0.1) is 11.3 Å². The van der Waals surface area contributed by atoms with Crippen LogP contribution < -0.4 is 14.8 Å². The number of ether oxygens (including phenoxy) is 3. The summed E-state index contributed by atoms with van der Waals surface area (Å²) in [7, 11) is 3.14. The number of aryl methyl sites for hydroxylation is 1. The number of fused-ring (bicyclic) bond motifs is 1. The van der Waals surface area contributed by atoms with Gasteiger partial charge in [0.1, 0.15) is 16.5 Å². The van der Waals surface area contributed by atoms with E-state index in [0.29, 0.717) is 28.7 Å². The molecule has 7 heteroatoms. The van der Waals surface area contributed by atoms with E-state index in [2.05, 4.69) is 5.32 Å². The van der Waals surface area contributed by atoms with Gasteiger partial charge >= 0.3 is 5.97 Å². The fourth-order valence-electron chi connectivity index (χ4n) is 3.41. The van der Waals surface area contributed by atoms with Crippen molar-refractivity contribution in [1.82, 2.24) is 0 Å². The molecule has 1 N–H and O–H groups in total. The van der Waals surface area contributed by atoms with Crippen molar-refractivity contribution >= 4 is 28.2 Å². The molecule has 0 aliphatic heterocycles. The maximum Gasteiger partial charge on any atom is 0.341 e. The first-order chi connectivity index (χ1) is 13.6. The molecule has 3 rings (SSSR count). The van der Waals surface area contributed by atoms with Crippen LogP contribution in [0.15, 0.2) is 18.2 Å². The van der Waals surface area contributed by atoms with Gasteiger partial charge in [-0.2, -0.15) is 0 Å². The second kappa shape index (κ2) is 9.10. The molecule has 1 amide bonds. The SMILES string of the molecule is CCOC(=O)c1c(NC(=O)Cc2ccc(OC)cc2OC)sc2c1CCCC2. The van der Waals surface area contributed by atoms with Crippen molar-refractivity contribution in [2.45, 2.75) is 39.0 Å². The monoisotopic (exact) mass is 403 g/mol. The van der Waals surface area contributed by atoms with Crippen LogP contribution in [-0.2, 0) is 28.8 Å². The summed E-state index contributed by atoms with van der Waals surface area (Å²) in [5.41, 5.74) is 2.31. The van der Waals surface area contributed by atoms with Gasteiger partial charge in [0.15, 0.2) is 0 Å². The first-order valence-corrected chi connectivity index (χ1v) is 10.2. The summed E-state index contributed by atoms with van der Waals surface area (Å²) in [6.07, 6.45) is 4.08. The van der Waals surface area contributed by atoms with Crippen LogP contribution >= 0.6 is 11.3 Å². The van der Waals surface area contributed by atoms with Crippen molar-refractivity contribution in [2.75, 3.05) is 26.1 Å². The predicted molar refractivity (Wildman–Crippen MR) is 109 cm³/mol. The van der Waals surface area contributed by atoms with E-state index in [1.807, 2.05) is 6.07 Å². The zero-order valence-electron chi connectivity index (χ0n) is 16.4. The Bertz CT molecular complexity index is 874. The number of anilines is 1. The normalized spacial score (nSPS) is 12.8. The maximum atomic E-state index is 12.7. The average molecular weight is 404 g/mol. The number of carbonyl (C=O) groups excluding carboxylic acids is 2. The molecular formula is C21H25NO5S. The molecule has 0 fully saturated rings. The third-order valence-electron chi connectivity index (χ3n) is 4.75. The molecule has 1 heterocycles. The Kier molecular flexibility index (Phi) is 6.57. The number of esters is 1. The van der Waals surface area contributed by atoms with Crippen LogP contribution in [0.2, 0.25) is 0 Å². The van der Waals surface area contributed by atoms with Crippen molar-refractivity contribution in [3.05, 3.63) is 39.8 Å². The highest BCUT2D eigenvalue weighted by molar-refractivity contribution is 7.17. The number of rotatable bonds is 7. The lowest BCUT2D eigenvalue weighted by molar-refractivity contribution is -0.115. The molecule has 1 aromatic heterocycles. The molecular weight excluding hydrogens is 378 g/mol. The lowest BCUT2D eigenvalue weighted by Crippen LogP contribution is -2.17. The standard InChI is InChI=1S/C21H25NO5S/c1-4-27-21(24)19-15-7-5-6-8-17(15)28-20(19)22-18(23)11-13-9-10-14(25-2)12-16(13)26-3/h9-10,12H,4-8,11H2,1-3H3,(H,22,23). The Morgan fingerprint density at radius 1 is 1.14 bits per heavy atom. The van der Waals surface area contributed by atoms with Gasteiger partial charge < -0.3 is 19.5 Å². The molecule has 0 radical (unpaired) electrons. The van der Waals surface area contributed by atoms with Crippen LogP contribution in [0.25, 0.3) is 0 Å². The summed E-state index contributed by atoms with van der Waals surface area (Å²) in [4.78, 5) is 26.4. The summed E-state index contributed by atoms with van der Waals surface area (Å²) >= 11 is 1.49. The molecule has 1 aliphatic rings. The molecule has 1 aromatic carbocycles. The molecule has 1 aliphatic carbocycles. The molecule has 150 valence electrons. The first-order valence-electron chi connectivity index (χ1n) is 9.39. The minimum absolute atomic E-state index is 0.137. The fourth-order valence-corrected chi connectivity index (χ4v) is 4.71. The van der Waals surface area contributed by atoms with Gasteiger partial charge in [0.25, 0.3) is 0 Å². The van der Waals surface area contributed by atoms with Gasteiger partial charge in [-0.25, -0.2) is 4.79 Å². The highest BCUT2D eigenvalue weighted by Gasteiger charge is 2.27. The summed E-state index contributed by atoms with van der Waals surface area (Å²) in [5, 5.41) is 3.51. The highest BCUT2D eigenvalue weighted by atomic mass is 32.1. The van der Waals surface area contributed by atoms with Crippen molar-refractivity contribution in [2.24, 2.45) is 0 Å². The summed E-state index contributed by atoms with van der Waals surface area (Å²) in [6, 6.07) is 5.35. The Hall–Kier alpha value is -2.54. The van der Waals surface area contributed by atoms with Crippen LogP contribution in [0.1, 0.15) is 46.1 Å². The van der Waals surface area contributed by atoms with Gasteiger partial charge in [-0.3, -0.25) is 4.79 Å². The van der Waals surface area contributed by atoms with Gasteiger partial charge in [0, 0.05) is 16.5 Å². The predicted octanol–water partition coefficient (Wildman–Crippen LogP) is 4.00. The van der Waals surface area contributed by atoms with Crippen molar-refractivity contribution in [3.8, 4) is 11.5 Å². The second-order valence-electron chi connectivity index (χ2n) is 6.54. The second-order valence-corrected chi connectivity index (χ2v) is 7.64. The van der Waals surface area contributed by atoms with E-state index < -0.39 is 0 Å². The largest absolute Gasteiger partial charge is 0.497 e. The van der Waals surface area contributed by atoms with E-state index in [-0.39, 0.29) is 18.3 Å². The van der Waals surface area contributed by atoms with E-state index in [1.54, 1.807) is 33.3 Å². The van der Waals surface area contributed by atoms with Crippen molar-refractivity contribution in [3.63, 3.8) is 0 Å². The number of hydrogen-bond acceptors (Lipinski definition) is 6. The topological polar surface area (TPSA) is 73.9 Å². The van der Waals surface area contributed by atoms with E-state index in [9.17, 15) is 9.59 Å². The molecule has 2 aromatic rings. The van der Waals surface area contributed by atoms with Crippen LogP contribution in [0, 0.1) is 0 Å². The van der Waals surface area contributed by atoms with E-state index in [0.717, 1.165) is 36.8 Å².